The van der Waals surface area contributed by atoms with Gasteiger partial charge in [0.2, 0.25) is 5.91 Å². The summed E-state index contributed by atoms with van der Waals surface area (Å²) < 4.78 is 53.1. The maximum Gasteiger partial charge on any atom is 0.257 e. The molecule has 3 aromatic rings. The molecule has 0 N–H and O–H groups in total. The number of unbranched alkanes of at least 4 members (excludes halogenated alkanes) is 1. The Morgan fingerprint density at radius 1 is 0.684 bits per heavy atom. The van der Waals surface area contributed by atoms with Crippen molar-refractivity contribution in [3.05, 3.63) is 82.2 Å². The van der Waals surface area contributed by atoms with Crippen LogP contribution in [-0.2, 0) is 41.8 Å². The molecular weight excluding hydrogens is 979 g/mol. The summed E-state index contributed by atoms with van der Waals surface area (Å²) in [7, 11) is 3.03. The molecule has 1 aromatic heterocycles. The maximum absolute atomic E-state index is 13.8. The van der Waals surface area contributed by atoms with Gasteiger partial charge < -0.3 is 62.1 Å². The molecule has 1 unspecified atom stereocenters. The predicted octanol–water partition coefficient (Wildman–Crippen LogP) is 5.97. The summed E-state index contributed by atoms with van der Waals surface area (Å²) in [6, 6.07) is 9.94. The fourth-order valence-corrected chi connectivity index (χ4v) is 9.56. The number of carbonyl (C=O) groups is 4. The van der Waals surface area contributed by atoms with E-state index in [1.807, 2.05) is 48.2 Å². The lowest BCUT2D eigenvalue weighted by Gasteiger charge is -2.26. The van der Waals surface area contributed by atoms with E-state index in [1.54, 1.807) is 41.3 Å². The molecule has 2 aromatic carbocycles. The van der Waals surface area contributed by atoms with Gasteiger partial charge in [-0.15, -0.1) is 0 Å². The quantitative estimate of drug-likeness (QED) is 0.0468. The van der Waals surface area contributed by atoms with Crippen LogP contribution in [0.4, 0.5) is 11.4 Å². The molecule has 0 aliphatic carbocycles. The van der Waals surface area contributed by atoms with Gasteiger partial charge in [-0.2, -0.15) is 0 Å². The number of carbonyl (C=O) groups excluding carboxylic acids is 4. The molecule has 0 bridgehead atoms. The summed E-state index contributed by atoms with van der Waals surface area (Å²) in [4.78, 5) is 74.3. The van der Waals surface area contributed by atoms with E-state index in [1.165, 1.54) is 25.4 Å². The number of hydrogen-bond acceptors (Lipinski definition) is 17. The summed E-state index contributed by atoms with van der Waals surface area (Å²) in [5, 5.41) is 0. The zero-order chi connectivity index (χ0) is 53.2. The molecule has 0 spiro atoms. The molecule has 0 saturated carbocycles. The van der Waals surface area contributed by atoms with Crippen molar-refractivity contribution in [3.63, 3.8) is 0 Å². The molecule has 0 radical (unpaired) electrons. The number of benzene rings is 2. The minimum absolute atomic E-state index is 0.0352. The van der Waals surface area contributed by atoms with Crippen molar-refractivity contribution in [2.45, 2.75) is 71.2 Å². The van der Waals surface area contributed by atoms with Crippen LogP contribution < -0.4 is 23.7 Å². The molecule has 3 amide bonds. The average Bonchev–Trinajstić information content (AvgIpc) is 4.02. The Labute approximate surface area is 444 Å². The zero-order valence-corrected chi connectivity index (χ0v) is 44.2. The van der Waals surface area contributed by atoms with Crippen LogP contribution in [0.2, 0.25) is 0 Å². The smallest absolute Gasteiger partial charge is 0.257 e. The van der Waals surface area contributed by atoms with Crippen LogP contribution in [0.15, 0.2) is 69.7 Å². The van der Waals surface area contributed by atoms with Crippen molar-refractivity contribution in [2.24, 2.45) is 9.98 Å². The lowest BCUT2D eigenvalue weighted by atomic mass is 10.1. The number of allylic oxidation sites excluding steroid dienone is 2. The Kier molecular flexibility index (Phi) is 20.4. The van der Waals surface area contributed by atoms with Gasteiger partial charge in [-0.3, -0.25) is 34.3 Å². The van der Waals surface area contributed by atoms with Crippen molar-refractivity contribution >= 4 is 47.8 Å². The third kappa shape index (κ3) is 14.6. The second-order valence-electron chi connectivity index (χ2n) is 18.8. The summed E-state index contributed by atoms with van der Waals surface area (Å²) >= 11 is 0. The van der Waals surface area contributed by atoms with Crippen LogP contribution >= 0.6 is 0 Å². The van der Waals surface area contributed by atoms with Gasteiger partial charge >= 0.3 is 0 Å². The molecule has 20 heteroatoms. The Hall–Kier alpha value is -6.71. The molecule has 20 nitrogen and oxygen atoms in total. The standard InChI is InChI=1S/C56H71N7O13/c1-5-39-25-43-33-57-48-31-52(50(68-3)29-46(48)55(66)62(43)35-39)75-37-41-27-45(28-42(59-41)38-76-53-32-49-47(30-51(53)69-4)56(67)63-36-40(6-2)26-44(63)34-58-49)74-20-14-61(10-7-8-15-64)54(65)9-16-70-21-23-73-24-22-72-19-13-60-11-17-71-18-12-60/h5-6,15,27-34,43-44H,7-14,16-26,35-38H2,1-4H3/b39-5+,40-6+/t43-,44?/m0/s1. The van der Waals surface area contributed by atoms with E-state index in [4.69, 9.17) is 57.6 Å². The van der Waals surface area contributed by atoms with Gasteiger partial charge in [-0.05, 0) is 45.2 Å². The second-order valence-corrected chi connectivity index (χ2v) is 18.8. The van der Waals surface area contributed by atoms with Crippen LogP contribution in [-0.4, -0.2) is 193 Å². The number of aliphatic imine (C=N–C) groups is 2. The van der Waals surface area contributed by atoms with E-state index < -0.39 is 0 Å². The van der Waals surface area contributed by atoms with Crippen molar-refractivity contribution in [1.82, 2.24) is 24.6 Å². The first kappa shape index (κ1) is 55.5. The van der Waals surface area contributed by atoms with Gasteiger partial charge in [0, 0.05) is 82.4 Å². The van der Waals surface area contributed by atoms with Gasteiger partial charge in [-0.1, -0.05) is 23.3 Å². The molecule has 408 valence electrons. The molecule has 3 saturated heterocycles. The monoisotopic (exact) mass is 1050 g/mol. The summed E-state index contributed by atoms with van der Waals surface area (Å²) in [5.41, 5.74) is 5.11. The third-order valence-electron chi connectivity index (χ3n) is 13.9. The fourth-order valence-electron chi connectivity index (χ4n) is 9.56. The molecule has 76 heavy (non-hydrogen) atoms. The average molecular weight is 1050 g/mol. The molecule has 6 heterocycles. The Morgan fingerprint density at radius 3 is 1.75 bits per heavy atom. The largest absolute Gasteiger partial charge is 0.493 e. The summed E-state index contributed by atoms with van der Waals surface area (Å²) in [6.45, 7) is 12.5. The SMILES string of the molecule is C/C=C1\CC2C=Nc3cc(OCc4cc(OCCN(CCCC=O)C(=O)CCOCCOCCOCCN5CCOCC5)cc(COc5cc6c(cc5OC)C(=O)N5C/C(=C/C)C[C@H]5C=N6)n4)c(OC)cc3C(=O)N2C1. The summed E-state index contributed by atoms with van der Waals surface area (Å²) in [6.07, 6.45) is 11.0. The van der Waals surface area contributed by atoms with Crippen molar-refractivity contribution in [1.29, 1.82) is 0 Å². The number of fused-ring (bicyclic) bond motifs is 4. The van der Waals surface area contributed by atoms with Crippen LogP contribution in [0.3, 0.4) is 0 Å². The highest BCUT2D eigenvalue weighted by molar-refractivity contribution is 6.05. The first-order valence-electron chi connectivity index (χ1n) is 26.2. The van der Waals surface area contributed by atoms with E-state index in [2.05, 4.69) is 4.90 Å². The van der Waals surface area contributed by atoms with Crippen LogP contribution in [0.5, 0.6) is 28.7 Å². The highest BCUT2D eigenvalue weighted by Gasteiger charge is 2.36. The Morgan fingerprint density at radius 2 is 1.22 bits per heavy atom. The topological polar surface area (TPSA) is 202 Å². The van der Waals surface area contributed by atoms with Crippen LogP contribution in [0.25, 0.3) is 0 Å². The highest BCUT2D eigenvalue weighted by Crippen LogP contribution is 2.41. The minimum Gasteiger partial charge on any atom is -0.493 e. The molecule has 5 aliphatic rings. The number of amides is 3. The molecule has 2 atom stereocenters. The van der Waals surface area contributed by atoms with E-state index in [0.29, 0.717) is 128 Å². The third-order valence-corrected chi connectivity index (χ3v) is 13.9. The number of nitrogens with zero attached hydrogens (tertiary/aromatic N) is 7. The van der Waals surface area contributed by atoms with E-state index in [0.717, 1.165) is 52.0 Å². The number of morpholine rings is 1. The lowest BCUT2D eigenvalue weighted by Crippen LogP contribution is -2.38. The number of rotatable bonds is 28. The Balaban J connectivity index is 0.920. The first-order chi connectivity index (χ1) is 37.2. The van der Waals surface area contributed by atoms with Gasteiger partial charge in [0.1, 0.15) is 31.9 Å². The highest BCUT2D eigenvalue weighted by atomic mass is 16.5. The zero-order valence-electron chi connectivity index (χ0n) is 44.2. The molecule has 5 aliphatic heterocycles. The predicted molar refractivity (Wildman–Crippen MR) is 283 cm³/mol. The van der Waals surface area contributed by atoms with Crippen molar-refractivity contribution < 1.29 is 61.8 Å². The van der Waals surface area contributed by atoms with Crippen LogP contribution in [0.1, 0.15) is 78.1 Å². The second kappa shape index (κ2) is 27.9. The van der Waals surface area contributed by atoms with E-state index in [-0.39, 0.29) is 69.2 Å². The summed E-state index contributed by atoms with van der Waals surface area (Å²) in [5.74, 6) is 1.49. The number of aromatic nitrogens is 1. The van der Waals surface area contributed by atoms with Crippen molar-refractivity contribution in [3.8, 4) is 28.7 Å². The van der Waals surface area contributed by atoms with Gasteiger partial charge in [0.15, 0.2) is 23.0 Å². The number of hydrogen-bond donors (Lipinski definition) is 0. The maximum atomic E-state index is 13.8. The van der Waals surface area contributed by atoms with Gasteiger partial charge in [-0.25, -0.2) is 0 Å². The normalized spacial score (nSPS) is 19.0. The minimum atomic E-state index is -0.140. The number of ether oxygens (including phenoxy) is 9. The fraction of sp³-hybridized carbons (Fsp3) is 0.518. The Bertz CT molecular complexity index is 2500. The lowest BCUT2D eigenvalue weighted by molar-refractivity contribution is -0.133. The van der Waals surface area contributed by atoms with Gasteiger partial charge in [0.05, 0.1) is 126 Å². The van der Waals surface area contributed by atoms with E-state index >= 15 is 0 Å². The molecule has 3 fully saturated rings. The van der Waals surface area contributed by atoms with Crippen LogP contribution in [0, 0.1) is 0 Å². The number of methoxy groups -OCH3 is 2. The molecular formula is C56H71N7O13. The molecule has 8 rings (SSSR count). The number of pyridine rings is 1. The first-order valence-corrected chi connectivity index (χ1v) is 26.2. The van der Waals surface area contributed by atoms with Crippen molar-refractivity contribution in [2.75, 3.05) is 119 Å². The number of aldehydes is 1. The van der Waals surface area contributed by atoms with Gasteiger partial charge in [0.25, 0.3) is 11.8 Å². The van der Waals surface area contributed by atoms with E-state index in [9.17, 15) is 19.2 Å².